The second-order valence-electron chi connectivity index (χ2n) is 6.47. The molecule has 0 aliphatic carbocycles. The van der Waals surface area contributed by atoms with Crippen LogP contribution in [0.2, 0.25) is 0 Å². The molecule has 1 aromatic rings. The van der Waals surface area contributed by atoms with Crippen molar-refractivity contribution < 1.29 is 14.3 Å². The zero-order valence-electron chi connectivity index (χ0n) is 14.1. The minimum Gasteiger partial charge on any atom is -0.383 e. The van der Waals surface area contributed by atoms with Crippen molar-refractivity contribution in [3.8, 4) is 0 Å². The van der Waals surface area contributed by atoms with E-state index in [1.807, 2.05) is 20.8 Å². The molecule has 0 spiro atoms. The quantitative estimate of drug-likeness (QED) is 0.764. The summed E-state index contributed by atoms with van der Waals surface area (Å²) in [5, 5.41) is 10.2. The van der Waals surface area contributed by atoms with Crippen LogP contribution in [0.3, 0.4) is 0 Å². The molecule has 0 unspecified atom stereocenters. The van der Waals surface area contributed by atoms with Crippen molar-refractivity contribution in [2.75, 3.05) is 25.6 Å². The summed E-state index contributed by atoms with van der Waals surface area (Å²) in [6.07, 6.45) is 0. The summed E-state index contributed by atoms with van der Waals surface area (Å²) in [4.78, 5) is 24.3. The second kappa shape index (κ2) is 7.35. The van der Waals surface area contributed by atoms with E-state index in [-0.39, 0.29) is 18.4 Å². The average Bonchev–Trinajstić information content (AvgIpc) is 3.01. The Kier molecular flexibility index (Phi) is 5.69. The number of carbonyl (C=O) groups is 2. The molecular weight excluding hydrogens is 316 g/mol. The van der Waals surface area contributed by atoms with Crippen LogP contribution in [-0.4, -0.2) is 41.9 Å². The number of hydrogen-bond donors (Lipinski definition) is 2. The van der Waals surface area contributed by atoms with Crippen LogP contribution in [0.5, 0.6) is 0 Å². The number of methoxy groups -OCH3 is 1. The highest BCUT2D eigenvalue weighted by Crippen LogP contribution is 2.35. The van der Waals surface area contributed by atoms with Gasteiger partial charge in [-0.3, -0.25) is 9.59 Å². The molecule has 0 saturated heterocycles. The molecule has 7 nitrogen and oxygen atoms in total. The maximum absolute atomic E-state index is 12.3. The maximum Gasteiger partial charge on any atom is 0.241 e. The summed E-state index contributed by atoms with van der Waals surface area (Å²) < 4.78 is 6.50. The van der Waals surface area contributed by atoms with Crippen molar-refractivity contribution >= 4 is 29.4 Å². The van der Waals surface area contributed by atoms with Gasteiger partial charge in [0.1, 0.15) is 12.4 Å². The second-order valence-corrected chi connectivity index (χ2v) is 7.46. The molecule has 0 bridgehead atoms. The van der Waals surface area contributed by atoms with Crippen LogP contribution in [0.4, 0.5) is 5.82 Å². The normalized spacial score (nSPS) is 13.7. The van der Waals surface area contributed by atoms with Crippen LogP contribution < -0.4 is 10.6 Å². The van der Waals surface area contributed by atoms with E-state index in [0.29, 0.717) is 19.0 Å². The number of nitrogens with one attached hydrogen (secondary N) is 2. The highest BCUT2D eigenvalue weighted by Gasteiger charge is 2.28. The smallest absolute Gasteiger partial charge is 0.241 e. The van der Waals surface area contributed by atoms with Gasteiger partial charge in [0.15, 0.2) is 0 Å². The van der Waals surface area contributed by atoms with E-state index < -0.39 is 5.41 Å². The topological polar surface area (TPSA) is 85.2 Å². The number of amides is 2. The molecule has 0 saturated carbocycles. The lowest BCUT2D eigenvalue weighted by molar-refractivity contribution is -0.124. The summed E-state index contributed by atoms with van der Waals surface area (Å²) in [5.41, 5.74) is 1.47. The van der Waals surface area contributed by atoms with Crippen molar-refractivity contribution in [3.05, 3.63) is 11.3 Å². The molecule has 0 atom stereocenters. The van der Waals surface area contributed by atoms with E-state index in [1.54, 1.807) is 23.6 Å². The Hall–Kier alpha value is -1.54. The Morgan fingerprint density at radius 2 is 2.09 bits per heavy atom. The number of fused-ring (bicyclic) bond motifs is 1. The molecule has 1 aliphatic rings. The van der Waals surface area contributed by atoms with E-state index in [1.165, 1.54) is 0 Å². The van der Waals surface area contributed by atoms with E-state index in [2.05, 4.69) is 15.7 Å². The Morgan fingerprint density at radius 1 is 1.35 bits per heavy atom. The van der Waals surface area contributed by atoms with Crippen molar-refractivity contribution in [2.24, 2.45) is 5.41 Å². The molecule has 1 aromatic heterocycles. The van der Waals surface area contributed by atoms with Crippen LogP contribution in [0.25, 0.3) is 0 Å². The van der Waals surface area contributed by atoms with Gasteiger partial charge in [0.05, 0.1) is 12.3 Å². The third kappa shape index (κ3) is 4.48. The van der Waals surface area contributed by atoms with Gasteiger partial charge in [-0.05, 0) is 0 Å². The first-order valence-corrected chi connectivity index (χ1v) is 8.71. The highest BCUT2D eigenvalue weighted by molar-refractivity contribution is 7.98. The molecule has 128 valence electrons. The van der Waals surface area contributed by atoms with Crippen LogP contribution in [-0.2, 0) is 32.4 Å². The Bertz CT molecular complexity index is 592. The van der Waals surface area contributed by atoms with Crippen LogP contribution in [0, 0.1) is 5.41 Å². The van der Waals surface area contributed by atoms with Gasteiger partial charge in [-0.1, -0.05) is 20.8 Å². The predicted molar refractivity (Wildman–Crippen MR) is 90.2 cm³/mol. The maximum atomic E-state index is 12.3. The first-order valence-electron chi connectivity index (χ1n) is 7.56. The first-order chi connectivity index (χ1) is 10.8. The van der Waals surface area contributed by atoms with Gasteiger partial charge in [-0.25, -0.2) is 4.68 Å². The van der Waals surface area contributed by atoms with Crippen molar-refractivity contribution in [2.45, 2.75) is 38.8 Å². The van der Waals surface area contributed by atoms with E-state index in [0.717, 1.165) is 22.8 Å². The average molecular weight is 340 g/mol. The van der Waals surface area contributed by atoms with Crippen LogP contribution in [0.1, 0.15) is 32.0 Å². The third-order valence-electron chi connectivity index (χ3n) is 3.45. The number of nitrogens with zero attached hydrogens (tertiary/aromatic N) is 2. The van der Waals surface area contributed by atoms with Crippen LogP contribution >= 0.6 is 11.8 Å². The van der Waals surface area contributed by atoms with E-state index in [9.17, 15) is 9.59 Å². The molecular formula is C15H24N4O3S. The monoisotopic (exact) mass is 340 g/mol. The standard InChI is InChI=1S/C15H24N4O3S/c1-15(2,3)14(21)17-13-10-8-23-9-11(10)18-19(13)7-12(20)16-5-6-22-4/h5-9H2,1-4H3,(H,16,20)(H,17,21). The molecule has 8 heteroatoms. The number of aromatic nitrogens is 2. The molecule has 2 amide bonds. The minimum absolute atomic E-state index is 0.0845. The summed E-state index contributed by atoms with van der Waals surface area (Å²) in [7, 11) is 1.59. The Morgan fingerprint density at radius 3 is 2.74 bits per heavy atom. The van der Waals surface area contributed by atoms with Crippen molar-refractivity contribution in [1.29, 1.82) is 0 Å². The highest BCUT2D eigenvalue weighted by atomic mass is 32.2. The SMILES string of the molecule is COCCNC(=O)Cn1nc2c(c1NC(=O)C(C)(C)C)CSC2. The fraction of sp³-hybridized carbons (Fsp3) is 0.667. The van der Waals surface area contributed by atoms with E-state index >= 15 is 0 Å². The number of ether oxygens (including phenoxy) is 1. The summed E-state index contributed by atoms with van der Waals surface area (Å²) in [6, 6.07) is 0. The van der Waals surface area contributed by atoms with Gasteiger partial charge in [0.25, 0.3) is 0 Å². The summed E-state index contributed by atoms with van der Waals surface area (Å²) in [6.45, 7) is 6.57. The number of carbonyl (C=O) groups excluding carboxylic acids is 2. The molecule has 0 radical (unpaired) electrons. The molecule has 2 N–H and O–H groups in total. The third-order valence-corrected chi connectivity index (χ3v) is 4.42. The molecule has 0 fully saturated rings. The zero-order valence-corrected chi connectivity index (χ0v) is 14.9. The van der Waals surface area contributed by atoms with Gasteiger partial charge >= 0.3 is 0 Å². The Labute approximate surface area is 140 Å². The van der Waals surface area contributed by atoms with Gasteiger partial charge in [0.2, 0.25) is 11.8 Å². The fourth-order valence-electron chi connectivity index (χ4n) is 2.10. The molecule has 1 aliphatic heterocycles. The van der Waals surface area contributed by atoms with Crippen molar-refractivity contribution in [1.82, 2.24) is 15.1 Å². The minimum atomic E-state index is -0.506. The molecule has 23 heavy (non-hydrogen) atoms. The lowest BCUT2D eigenvalue weighted by atomic mass is 9.96. The van der Waals surface area contributed by atoms with Gasteiger partial charge in [0, 0.05) is 36.1 Å². The summed E-state index contributed by atoms with van der Waals surface area (Å²) >= 11 is 1.76. The number of anilines is 1. The Balaban J connectivity index is 2.13. The van der Waals surface area contributed by atoms with Crippen molar-refractivity contribution in [3.63, 3.8) is 0 Å². The first kappa shape index (κ1) is 17.8. The van der Waals surface area contributed by atoms with Crippen LogP contribution in [0.15, 0.2) is 0 Å². The number of hydrogen-bond acceptors (Lipinski definition) is 5. The van der Waals surface area contributed by atoms with E-state index in [4.69, 9.17) is 4.74 Å². The molecule has 0 aromatic carbocycles. The lowest BCUT2D eigenvalue weighted by Gasteiger charge is -2.19. The van der Waals surface area contributed by atoms with Gasteiger partial charge < -0.3 is 15.4 Å². The van der Waals surface area contributed by atoms with Gasteiger partial charge in [-0.2, -0.15) is 16.9 Å². The largest absolute Gasteiger partial charge is 0.383 e. The molecule has 2 heterocycles. The van der Waals surface area contributed by atoms with Gasteiger partial charge in [-0.15, -0.1) is 0 Å². The predicted octanol–water partition coefficient (Wildman–Crippen LogP) is 1.38. The lowest BCUT2D eigenvalue weighted by Crippen LogP contribution is -2.33. The molecule has 2 rings (SSSR count). The fourth-order valence-corrected chi connectivity index (χ4v) is 3.13. The zero-order chi connectivity index (χ0) is 17.0. The number of rotatable bonds is 6. The summed E-state index contributed by atoms with van der Waals surface area (Å²) in [5.74, 6) is 2.03. The number of thioether (sulfide) groups is 1.